The van der Waals surface area contributed by atoms with Crippen molar-refractivity contribution in [1.82, 2.24) is 10.2 Å². The van der Waals surface area contributed by atoms with E-state index < -0.39 is 16.6 Å². The predicted molar refractivity (Wildman–Crippen MR) is 106 cm³/mol. The van der Waals surface area contributed by atoms with E-state index in [1.807, 2.05) is 0 Å². The fourth-order valence-electron chi connectivity index (χ4n) is 3.02. The van der Waals surface area contributed by atoms with Crippen LogP contribution in [0.5, 0.6) is 0 Å². The number of nitro groups is 1. The molecule has 0 aliphatic carbocycles. The first-order valence-electron chi connectivity index (χ1n) is 8.62. The largest absolute Gasteiger partial charge is 0.350 e. The van der Waals surface area contributed by atoms with Crippen molar-refractivity contribution in [3.63, 3.8) is 0 Å². The third-order valence-electron chi connectivity index (χ3n) is 4.39. The van der Waals surface area contributed by atoms with Crippen molar-refractivity contribution in [3.8, 4) is 22.4 Å². The number of nitrogens with zero attached hydrogens (tertiary/aromatic N) is 2. The highest BCUT2D eigenvalue weighted by Crippen LogP contribution is 2.33. The molecule has 144 valence electrons. The molecule has 0 bridgehead atoms. The van der Waals surface area contributed by atoms with Crippen LogP contribution < -0.4 is 5.32 Å². The molecule has 4 rings (SSSR count). The lowest BCUT2D eigenvalue weighted by atomic mass is 10.0. The molecule has 0 amide bonds. The lowest BCUT2D eigenvalue weighted by Gasteiger charge is -2.11. The first kappa shape index (κ1) is 18.3. The molecule has 0 unspecified atom stereocenters. The van der Waals surface area contributed by atoms with Crippen LogP contribution in [-0.4, -0.2) is 15.1 Å². The van der Waals surface area contributed by atoms with Crippen molar-refractivity contribution in [2.45, 2.75) is 0 Å². The van der Waals surface area contributed by atoms with Gasteiger partial charge < -0.3 is 5.32 Å². The number of rotatable bonds is 5. The third-order valence-corrected chi connectivity index (χ3v) is 4.39. The van der Waals surface area contributed by atoms with E-state index in [0.29, 0.717) is 22.5 Å². The van der Waals surface area contributed by atoms with Crippen LogP contribution in [0.3, 0.4) is 0 Å². The Morgan fingerprint density at radius 2 is 1.83 bits per heavy atom. The second-order valence-electron chi connectivity index (χ2n) is 6.29. The number of hydrogen-bond donors (Lipinski definition) is 2. The molecule has 0 atom stereocenters. The van der Waals surface area contributed by atoms with Gasteiger partial charge in [-0.15, -0.1) is 0 Å². The number of aromatic nitrogens is 2. The number of benzene rings is 3. The van der Waals surface area contributed by atoms with Gasteiger partial charge >= 0.3 is 0 Å². The minimum Gasteiger partial charge on any atom is -0.350 e. The highest BCUT2D eigenvalue weighted by Gasteiger charge is 2.16. The molecule has 1 aromatic heterocycles. The number of aromatic amines is 1. The van der Waals surface area contributed by atoms with Gasteiger partial charge in [-0.1, -0.05) is 18.2 Å². The molecule has 3 aromatic carbocycles. The molecule has 0 aliphatic rings. The average molecular weight is 392 g/mol. The summed E-state index contributed by atoms with van der Waals surface area (Å²) in [5.41, 5.74) is 2.74. The summed E-state index contributed by atoms with van der Waals surface area (Å²) in [7, 11) is 0. The summed E-state index contributed by atoms with van der Waals surface area (Å²) in [6, 6.07) is 16.5. The molecular weight excluding hydrogens is 378 g/mol. The second kappa shape index (κ2) is 7.51. The summed E-state index contributed by atoms with van der Waals surface area (Å²) < 4.78 is 27.2. The Kier molecular flexibility index (Phi) is 4.74. The average Bonchev–Trinajstić information content (AvgIpc) is 3.23. The monoisotopic (exact) mass is 392 g/mol. The van der Waals surface area contributed by atoms with E-state index in [-0.39, 0.29) is 16.9 Å². The maximum absolute atomic E-state index is 14.1. The zero-order valence-corrected chi connectivity index (χ0v) is 14.9. The smallest absolute Gasteiger partial charge is 0.293 e. The highest BCUT2D eigenvalue weighted by molar-refractivity contribution is 5.77. The van der Waals surface area contributed by atoms with E-state index in [2.05, 4.69) is 15.5 Å². The highest BCUT2D eigenvalue weighted by atomic mass is 19.1. The van der Waals surface area contributed by atoms with Gasteiger partial charge in [0.15, 0.2) is 0 Å². The summed E-state index contributed by atoms with van der Waals surface area (Å²) in [6.45, 7) is 0. The molecule has 2 N–H and O–H groups in total. The standard InChI is InChI=1S/C21H14F2N4O2/c22-15-5-6-17(18(23)12-15)13-2-1-3-16(10-13)25-20-7-4-14(11-21(20)27(28)29)19-8-9-24-26-19/h1-12,25H,(H,24,26). The Labute approximate surface area is 164 Å². The molecule has 0 saturated heterocycles. The molecule has 29 heavy (non-hydrogen) atoms. The number of anilines is 2. The minimum absolute atomic E-state index is 0.115. The number of nitro benzene ring substituents is 1. The number of halogens is 2. The molecular formula is C21H14F2N4O2. The molecule has 0 aliphatic heterocycles. The Hall–Kier alpha value is -4.07. The van der Waals surface area contributed by atoms with Crippen LogP contribution in [0, 0.1) is 21.7 Å². The van der Waals surface area contributed by atoms with Gasteiger partial charge in [-0.05, 0) is 42.0 Å². The minimum atomic E-state index is -0.683. The Balaban J connectivity index is 1.68. The molecule has 0 fully saturated rings. The number of H-pyrrole nitrogens is 1. The van der Waals surface area contributed by atoms with Crippen LogP contribution >= 0.6 is 0 Å². The van der Waals surface area contributed by atoms with Crippen LogP contribution in [0.2, 0.25) is 0 Å². The zero-order valence-electron chi connectivity index (χ0n) is 14.9. The normalized spacial score (nSPS) is 10.7. The van der Waals surface area contributed by atoms with Gasteiger partial charge in [-0.2, -0.15) is 5.10 Å². The SMILES string of the molecule is O=[N+]([O-])c1cc(-c2ccn[nH]2)ccc1Nc1cccc(-c2ccc(F)cc2F)c1. The van der Waals surface area contributed by atoms with Gasteiger partial charge in [0, 0.05) is 35.1 Å². The molecule has 0 saturated carbocycles. The fraction of sp³-hybridized carbons (Fsp3) is 0. The summed E-state index contributed by atoms with van der Waals surface area (Å²) in [5, 5.41) is 21.2. The molecule has 8 heteroatoms. The van der Waals surface area contributed by atoms with Crippen molar-refractivity contribution in [1.29, 1.82) is 0 Å². The third kappa shape index (κ3) is 3.81. The Morgan fingerprint density at radius 3 is 2.55 bits per heavy atom. The molecule has 6 nitrogen and oxygen atoms in total. The maximum Gasteiger partial charge on any atom is 0.293 e. The van der Waals surface area contributed by atoms with Gasteiger partial charge in [0.2, 0.25) is 0 Å². The van der Waals surface area contributed by atoms with Gasteiger partial charge in [0.25, 0.3) is 5.69 Å². The van der Waals surface area contributed by atoms with E-state index in [1.165, 1.54) is 18.2 Å². The summed E-state index contributed by atoms with van der Waals surface area (Å²) in [4.78, 5) is 11.1. The van der Waals surface area contributed by atoms with Crippen molar-refractivity contribution >= 4 is 17.1 Å². The first-order chi connectivity index (χ1) is 14.0. The maximum atomic E-state index is 14.1. The van der Waals surface area contributed by atoms with E-state index in [9.17, 15) is 18.9 Å². The zero-order chi connectivity index (χ0) is 20.4. The van der Waals surface area contributed by atoms with Crippen molar-refractivity contribution in [3.05, 3.63) is 94.7 Å². The van der Waals surface area contributed by atoms with E-state index in [4.69, 9.17) is 0 Å². The van der Waals surface area contributed by atoms with Crippen molar-refractivity contribution in [2.75, 3.05) is 5.32 Å². The van der Waals surface area contributed by atoms with E-state index >= 15 is 0 Å². The van der Waals surface area contributed by atoms with Crippen LogP contribution in [0.15, 0.2) is 72.9 Å². The van der Waals surface area contributed by atoms with Crippen LogP contribution in [0.25, 0.3) is 22.4 Å². The van der Waals surface area contributed by atoms with Crippen LogP contribution in [0.1, 0.15) is 0 Å². The Bertz CT molecular complexity index is 1190. The van der Waals surface area contributed by atoms with Gasteiger partial charge in [-0.3, -0.25) is 15.2 Å². The molecule has 1 heterocycles. The van der Waals surface area contributed by atoms with Crippen molar-refractivity contribution in [2.24, 2.45) is 0 Å². The quantitative estimate of drug-likeness (QED) is 0.338. The van der Waals surface area contributed by atoms with Gasteiger partial charge in [0.1, 0.15) is 17.3 Å². The number of hydrogen-bond acceptors (Lipinski definition) is 4. The van der Waals surface area contributed by atoms with Crippen LogP contribution in [-0.2, 0) is 0 Å². The second-order valence-corrected chi connectivity index (χ2v) is 6.29. The lowest BCUT2D eigenvalue weighted by Crippen LogP contribution is -1.98. The van der Waals surface area contributed by atoms with Gasteiger partial charge in [-0.25, -0.2) is 8.78 Å². The molecule has 0 radical (unpaired) electrons. The Morgan fingerprint density at radius 1 is 0.966 bits per heavy atom. The van der Waals surface area contributed by atoms with E-state index in [0.717, 1.165) is 6.07 Å². The molecule has 0 spiro atoms. The number of nitrogens with one attached hydrogen (secondary N) is 2. The molecule has 4 aromatic rings. The van der Waals surface area contributed by atoms with E-state index in [1.54, 1.807) is 48.7 Å². The topological polar surface area (TPSA) is 83.8 Å². The predicted octanol–water partition coefficient (Wildman–Crippen LogP) is 5.67. The van der Waals surface area contributed by atoms with Gasteiger partial charge in [0.05, 0.1) is 10.6 Å². The summed E-state index contributed by atoms with van der Waals surface area (Å²) >= 11 is 0. The first-order valence-corrected chi connectivity index (χ1v) is 8.62. The lowest BCUT2D eigenvalue weighted by molar-refractivity contribution is -0.383. The summed E-state index contributed by atoms with van der Waals surface area (Å²) in [5.74, 6) is -1.34. The van der Waals surface area contributed by atoms with Crippen molar-refractivity contribution < 1.29 is 13.7 Å². The summed E-state index contributed by atoms with van der Waals surface area (Å²) in [6.07, 6.45) is 1.56. The van der Waals surface area contributed by atoms with Crippen LogP contribution in [0.4, 0.5) is 25.8 Å². The fourth-order valence-corrected chi connectivity index (χ4v) is 3.02.